The number of hydrogen-bond donors (Lipinski definition) is 2. The second-order valence-corrected chi connectivity index (χ2v) is 4.28. The molecule has 0 bridgehead atoms. The lowest BCUT2D eigenvalue weighted by molar-refractivity contribution is -0.134. The Kier molecular flexibility index (Phi) is 4.81. The van der Waals surface area contributed by atoms with E-state index in [1.165, 1.54) is 5.69 Å². The Labute approximate surface area is 126 Å². The van der Waals surface area contributed by atoms with E-state index in [2.05, 4.69) is 27.0 Å². The average molecular weight is 299 g/mol. The first-order valence-corrected chi connectivity index (χ1v) is 6.31. The molecule has 22 heavy (non-hydrogen) atoms. The number of anilines is 1. The summed E-state index contributed by atoms with van der Waals surface area (Å²) in [5.74, 6) is -2.51. The van der Waals surface area contributed by atoms with Crippen LogP contribution in [0.3, 0.4) is 0 Å². The fraction of sp³-hybridized carbons (Fsp3) is 0.0667. The monoisotopic (exact) mass is 299 g/mol. The Morgan fingerprint density at radius 1 is 1.09 bits per heavy atom. The van der Waals surface area contributed by atoms with Crippen molar-refractivity contribution in [2.24, 2.45) is 9.98 Å². The summed E-state index contributed by atoms with van der Waals surface area (Å²) in [5, 5.41) is 15.6. The van der Waals surface area contributed by atoms with Crippen molar-refractivity contribution >= 4 is 30.1 Å². The number of fused-ring (bicyclic) bond motifs is 3. The molecule has 0 unspecified atom stereocenters. The van der Waals surface area contributed by atoms with Gasteiger partial charge in [0.1, 0.15) is 6.67 Å². The molecule has 7 heteroatoms. The normalized spacial score (nSPS) is 14.5. The summed E-state index contributed by atoms with van der Waals surface area (Å²) in [7, 11) is 0. The number of rotatable bonds is 2. The van der Waals surface area contributed by atoms with Gasteiger partial charge in [0, 0.05) is 30.1 Å². The van der Waals surface area contributed by atoms with E-state index in [1.54, 1.807) is 0 Å². The number of para-hydroxylation sites is 1. The molecule has 0 fully saturated rings. The number of nitrogens with zero attached hydrogens (tertiary/aromatic N) is 3. The van der Waals surface area contributed by atoms with Crippen molar-refractivity contribution in [3.63, 3.8) is 0 Å². The summed E-state index contributed by atoms with van der Waals surface area (Å²) in [4.78, 5) is 29.7. The van der Waals surface area contributed by atoms with Gasteiger partial charge in [0.25, 0.3) is 0 Å². The summed E-state index contributed by atoms with van der Waals surface area (Å²) in [6.45, 7) is 0.701. The van der Waals surface area contributed by atoms with Gasteiger partial charge in [-0.2, -0.15) is 0 Å². The maximum absolute atomic E-state index is 9.55. The topological polar surface area (TPSA) is 103 Å². The van der Waals surface area contributed by atoms with E-state index in [9.17, 15) is 9.59 Å². The zero-order valence-electron chi connectivity index (χ0n) is 11.5. The Morgan fingerprint density at radius 2 is 1.77 bits per heavy atom. The molecule has 0 aliphatic carbocycles. The van der Waals surface area contributed by atoms with Crippen LogP contribution in [-0.2, 0) is 9.59 Å². The second-order valence-electron chi connectivity index (χ2n) is 4.28. The maximum atomic E-state index is 9.55. The van der Waals surface area contributed by atoms with Crippen molar-refractivity contribution in [2.75, 3.05) is 11.6 Å². The quantitative estimate of drug-likeness (QED) is 0.806. The molecule has 2 N–H and O–H groups in total. The van der Waals surface area contributed by atoms with Gasteiger partial charge < -0.3 is 15.1 Å². The fourth-order valence-electron chi connectivity index (χ4n) is 1.86. The molecule has 0 saturated carbocycles. The first-order valence-electron chi connectivity index (χ1n) is 6.31. The van der Waals surface area contributed by atoms with Gasteiger partial charge in [-0.15, -0.1) is 0 Å². The molecule has 0 radical (unpaired) electrons. The molecule has 112 valence electrons. The van der Waals surface area contributed by atoms with Crippen LogP contribution in [0.25, 0.3) is 0 Å². The van der Waals surface area contributed by atoms with E-state index in [-0.39, 0.29) is 0 Å². The van der Waals surface area contributed by atoms with Crippen LogP contribution in [0.1, 0.15) is 5.56 Å². The third-order valence-electron chi connectivity index (χ3n) is 2.77. The first-order chi connectivity index (χ1) is 10.6. The largest absolute Gasteiger partial charge is 0.478 e. The Bertz CT molecular complexity index is 688. The van der Waals surface area contributed by atoms with E-state index in [0.29, 0.717) is 18.8 Å². The van der Waals surface area contributed by atoms with Crippen LogP contribution in [0, 0.1) is 0 Å². The Hall–Kier alpha value is -3.22. The minimum absolute atomic E-state index is 0.558. The molecule has 1 aromatic carbocycles. The number of allylic oxidation sites excluding steroid dienone is 1. The van der Waals surface area contributed by atoms with Gasteiger partial charge in [0.2, 0.25) is 0 Å². The van der Waals surface area contributed by atoms with Gasteiger partial charge in [-0.3, -0.25) is 9.98 Å². The van der Waals surface area contributed by atoms with E-state index >= 15 is 0 Å². The van der Waals surface area contributed by atoms with Crippen molar-refractivity contribution in [3.8, 4) is 0 Å². The Balaban J connectivity index is 0.000000192. The molecule has 2 heterocycles. The number of carboxylic acids is 2. The molecule has 2 aliphatic rings. The minimum Gasteiger partial charge on any atom is -0.478 e. The molecular formula is C15H13N3O4. The summed E-state index contributed by atoms with van der Waals surface area (Å²) in [6.07, 6.45) is 6.70. The lowest BCUT2D eigenvalue weighted by Crippen LogP contribution is -2.18. The average Bonchev–Trinajstić information content (AvgIpc) is 2.88. The lowest BCUT2D eigenvalue weighted by Gasteiger charge is -2.18. The third-order valence-corrected chi connectivity index (χ3v) is 2.77. The molecule has 3 rings (SSSR count). The van der Waals surface area contributed by atoms with Crippen LogP contribution >= 0.6 is 0 Å². The van der Waals surface area contributed by atoms with Gasteiger partial charge in [-0.1, -0.05) is 18.2 Å². The molecule has 0 saturated heterocycles. The van der Waals surface area contributed by atoms with Crippen LogP contribution in [0.5, 0.6) is 0 Å². The molecule has 0 amide bonds. The zero-order valence-corrected chi connectivity index (χ0v) is 11.5. The SMILES string of the molecule is C1=NC=C2C=NCN2c2ccccc21.O=C(O)/C=C\C(=O)O. The molecule has 0 atom stereocenters. The summed E-state index contributed by atoms with van der Waals surface area (Å²) >= 11 is 0. The highest BCUT2D eigenvalue weighted by molar-refractivity contribution is 5.96. The number of hydrogen-bond acceptors (Lipinski definition) is 5. The van der Waals surface area contributed by atoms with Crippen LogP contribution in [0.15, 0.2) is 58.3 Å². The highest BCUT2D eigenvalue weighted by Crippen LogP contribution is 2.26. The highest BCUT2D eigenvalue weighted by atomic mass is 16.4. The fourth-order valence-corrected chi connectivity index (χ4v) is 1.86. The number of benzene rings is 1. The second kappa shape index (κ2) is 6.98. The van der Waals surface area contributed by atoms with Gasteiger partial charge in [0.05, 0.1) is 17.6 Å². The molecular weight excluding hydrogens is 286 g/mol. The van der Waals surface area contributed by atoms with Crippen molar-refractivity contribution in [2.45, 2.75) is 0 Å². The zero-order chi connectivity index (χ0) is 15.9. The van der Waals surface area contributed by atoms with Crippen molar-refractivity contribution in [1.82, 2.24) is 0 Å². The highest BCUT2D eigenvalue weighted by Gasteiger charge is 2.18. The predicted molar refractivity (Wildman–Crippen MR) is 82.4 cm³/mol. The third kappa shape index (κ3) is 3.89. The van der Waals surface area contributed by atoms with Crippen LogP contribution in [0.2, 0.25) is 0 Å². The van der Waals surface area contributed by atoms with Gasteiger partial charge in [0.15, 0.2) is 0 Å². The number of carbonyl (C=O) groups is 2. The van der Waals surface area contributed by atoms with Gasteiger partial charge in [-0.05, 0) is 6.07 Å². The van der Waals surface area contributed by atoms with E-state index in [4.69, 9.17) is 10.2 Å². The van der Waals surface area contributed by atoms with Gasteiger partial charge in [-0.25, -0.2) is 9.59 Å². The van der Waals surface area contributed by atoms with Gasteiger partial charge >= 0.3 is 11.9 Å². The maximum Gasteiger partial charge on any atom is 0.328 e. The molecule has 0 aromatic heterocycles. The van der Waals surface area contributed by atoms with Crippen molar-refractivity contribution in [3.05, 3.63) is 53.9 Å². The number of carboxylic acid groups (broad SMARTS) is 2. The van der Waals surface area contributed by atoms with E-state index < -0.39 is 11.9 Å². The first kappa shape index (κ1) is 15.2. The van der Waals surface area contributed by atoms with Crippen LogP contribution in [-0.4, -0.2) is 41.2 Å². The minimum atomic E-state index is -1.26. The summed E-state index contributed by atoms with van der Waals surface area (Å²) < 4.78 is 0. The van der Waals surface area contributed by atoms with Crippen LogP contribution < -0.4 is 4.90 Å². The summed E-state index contributed by atoms with van der Waals surface area (Å²) in [5.41, 5.74) is 3.38. The molecule has 2 aliphatic heterocycles. The van der Waals surface area contributed by atoms with Crippen LogP contribution in [0.4, 0.5) is 5.69 Å². The lowest BCUT2D eigenvalue weighted by atomic mass is 10.2. The summed E-state index contributed by atoms with van der Waals surface area (Å²) in [6, 6.07) is 8.21. The van der Waals surface area contributed by atoms with Crippen molar-refractivity contribution in [1.29, 1.82) is 0 Å². The predicted octanol–water partition coefficient (Wildman–Crippen LogP) is 1.52. The molecule has 1 aromatic rings. The standard InChI is InChI=1S/C11H9N3.C4H4O4/c1-2-4-11-9(3-1)5-12-6-10-7-13-8-14(10)11;5-3(6)1-2-4(7)8/h1-7H,8H2;1-2H,(H,5,6)(H,7,8)/b;2-1-. The molecule has 0 spiro atoms. The number of aliphatic carboxylic acids is 2. The smallest absolute Gasteiger partial charge is 0.328 e. The van der Waals surface area contributed by atoms with Crippen molar-refractivity contribution < 1.29 is 19.8 Å². The van der Waals surface area contributed by atoms with E-state index in [0.717, 1.165) is 11.3 Å². The Morgan fingerprint density at radius 3 is 2.45 bits per heavy atom. The number of aliphatic imine (C=N–C) groups is 2. The molecule has 7 nitrogen and oxygen atoms in total. The van der Waals surface area contributed by atoms with E-state index in [1.807, 2.05) is 30.8 Å².